The largest absolute Gasteiger partial charge is 0.459 e. The number of ether oxygens (including phenoxy) is 1. The van der Waals surface area contributed by atoms with Crippen molar-refractivity contribution >= 4 is 17.3 Å². The molecule has 0 spiro atoms. The molecule has 3 rings (SSSR count). The van der Waals surface area contributed by atoms with Gasteiger partial charge in [-0.15, -0.1) is 11.3 Å². The second-order valence-electron chi connectivity index (χ2n) is 5.10. The molecule has 0 bridgehead atoms. The van der Waals surface area contributed by atoms with Crippen molar-refractivity contribution in [1.29, 1.82) is 0 Å². The zero-order valence-electron chi connectivity index (χ0n) is 11.4. The highest BCUT2D eigenvalue weighted by Gasteiger charge is 2.31. The number of hydrogen-bond donors (Lipinski definition) is 0. The standard InChI is InChI=1S/C15H12F3NO2S/c16-15(17,18)11-5-3-9(4-6-11)13-19-12(8-22-13)7-21-14(20)10-1-2-10/h3-6,8,10H,1-2,7H2. The molecule has 1 heterocycles. The van der Waals surface area contributed by atoms with Gasteiger partial charge in [0.2, 0.25) is 0 Å². The van der Waals surface area contributed by atoms with Gasteiger partial charge in [-0.1, -0.05) is 12.1 Å². The van der Waals surface area contributed by atoms with Crippen LogP contribution in [0.4, 0.5) is 13.2 Å². The summed E-state index contributed by atoms with van der Waals surface area (Å²) in [5.41, 5.74) is 0.526. The quantitative estimate of drug-likeness (QED) is 0.787. The molecule has 1 saturated carbocycles. The molecule has 2 aromatic rings. The first-order chi connectivity index (χ1) is 10.4. The van der Waals surface area contributed by atoms with Crippen molar-refractivity contribution in [2.75, 3.05) is 0 Å². The van der Waals surface area contributed by atoms with Crippen molar-refractivity contribution in [1.82, 2.24) is 4.98 Å². The van der Waals surface area contributed by atoms with Gasteiger partial charge in [-0.25, -0.2) is 4.98 Å². The van der Waals surface area contributed by atoms with Crippen LogP contribution in [0.5, 0.6) is 0 Å². The number of hydrogen-bond acceptors (Lipinski definition) is 4. The summed E-state index contributed by atoms with van der Waals surface area (Å²) in [7, 11) is 0. The van der Waals surface area contributed by atoms with E-state index in [1.807, 2.05) is 0 Å². The number of carbonyl (C=O) groups excluding carboxylic acids is 1. The maximum Gasteiger partial charge on any atom is 0.416 e. The van der Waals surface area contributed by atoms with E-state index < -0.39 is 11.7 Å². The predicted molar refractivity (Wildman–Crippen MR) is 75.1 cm³/mol. The van der Waals surface area contributed by atoms with Crippen molar-refractivity contribution in [2.45, 2.75) is 25.6 Å². The molecule has 0 radical (unpaired) electrons. The SMILES string of the molecule is O=C(OCc1csc(-c2ccc(C(F)(F)F)cc2)n1)C1CC1. The summed E-state index contributed by atoms with van der Waals surface area (Å²) in [6.45, 7) is 0.104. The molecule has 0 unspecified atom stereocenters. The number of esters is 1. The van der Waals surface area contributed by atoms with E-state index in [1.165, 1.54) is 23.5 Å². The molecule has 22 heavy (non-hydrogen) atoms. The van der Waals surface area contributed by atoms with Gasteiger partial charge in [-0.3, -0.25) is 4.79 Å². The molecule has 0 atom stereocenters. The fourth-order valence-electron chi connectivity index (χ4n) is 1.89. The molecule has 7 heteroatoms. The molecule has 1 aliphatic rings. The fraction of sp³-hybridized carbons (Fsp3) is 0.333. The Hall–Kier alpha value is -1.89. The number of alkyl halides is 3. The third kappa shape index (κ3) is 3.47. The normalized spacial score (nSPS) is 14.9. The highest BCUT2D eigenvalue weighted by molar-refractivity contribution is 7.13. The van der Waals surface area contributed by atoms with E-state index in [1.54, 1.807) is 5.38 Å². The number of nitrogens with zero attached hydrogens (tertiary/aromatic N) is 1. The van der Waals surface area contributed by atoms with Crippen LogP contribution < -0.4 is 0 Å². The van der Waals surface area contributed by atoms with Crippen molar-refractivity contribution in [3.8, 4) is 10.6 Å². The zero-order chi connectivity index (χ0) is 15.7. The molecule has 3 nitrogen and oxygen atoms in total. The van der Waals surface area contributed by atoms with E-state index in [-0.39, 0.29) is 18.5 Å². The summed E-state index contributed by atoms with van der Waals surface area (Å²) in [6.07, 6.45) is -2.58. The number of halogens is 3. The minimum atomic E-state index is -4.34. The topological polar surface area (TPSA) is 39.2 Å². The van der Waals surface area contributed by atoms with Crippen molar-refractivity contribution in [3.63, 3.8) is 0 Å². The van der Waals surface area contributed by atoms with Crippen molar-refractivity contribution < 1.29 is 22.7 Å². The van der Waals surface area contributed by atoms with Gasteiger partial charge in [0, 0.05) is 10.9 Å². The van der Waals surface area contributed by atoms with Crippen LogP contribution >= 0.6 is 11.3 Å². The van der Waals surface area contributed by atoms with Crippen LogP contribution in [0, 0.1) is 5.92 Å². The number of carbonyl (C=O) groups is 1. The summed E-state index contributed by atoms with van der Waals surface area (Å²) in [6, 6.07) is 4.84. The average Bonchev–Trinajstić information content (AvgIpc) is 3.23. The van der Waals surface area contributed by atoms with Crippen LogP contribution in [0.3, 0.4) is 0 Å². The first-order valence-electron chi connectivity index (χ1n) is 6.72. The predicted octanol–water partition coefficient (Wildman–Crippen LogP) is 4.28. The molecule has 1 aromatic carbocycles. The first kappa shape index (κ1) is 15.0. The summed E-state index contributed by atoms with van der Waals surface area (Å²) < 4.78 is 42.7. The Labute approximate surface area is 128 Å². The van der Waals surface area contributed by atoms with Crippen molar-refractivity contribution in [3.05, 3.63) is 40.9 Å². The van der Waals surface area contributed by atoms with Gasteiger partial charge >= 0.3 is 12.1 Å². The third-order valence-corrected chi connectivity index (χ3v) is 4.22. The van der Waals surface area contributed by atoms with Gasteiger partial charge in [-0.2, -0.15) is 13.2 Å². The summed E-state index contributed by atoms with van der Waals surface area (Å²) in [5, 5.41) is 2.35. The fourth-order valence-corrected chi connectivity index (χ4v) is 2.70. The van der Waals surface area contributed by atoms with Crippen molar-refractivity contribution in [2.24, 2.45) is 5.92 Å². The Bertz CT molecular complexity index is 675. The first-order valence-corrected chi connectivity index (χ1v) is 7.60. The molecular weight excluding hydrogens is 315 g/mol. The number of rotatable bonds is 4. The minimum absolute atomic E-state index is 0.0352. The molecule has 0 aliphatic heterocycles. The Balaban J connectivity index is 1.66. The molecule has 1 aliphatic carbocycles. The highest BCUT2D eigenvalue weighted by Crippen LogP contribution is 2.32. The lowest BCUT2D eigenvalue weighted by atomic mass is 10.1. The summed E-state index contributed by atoms with van der Waals surface area (Å²) >= 11 is 1.31. The van der Waals surface area contributed by atoms with Crippen LogP contribution in [-0.4, -0.2) is 11.0 Å². The second-order valence-corrected chi connectivity index (χ2v) is 5.96. The molecule has 1 fully saturated rings. The average molecular weight is 327 g/mol. The monoisotopic (exact) mass is 327 g/mol. The Morgan fingerprint density at radius 3 is 2.55 bits per heavy atom. The van der Waals surface area contributed by atoms with Gasteiger partial charge in [0.05, 0.1) is 17.2 Å². The van der Waals surface area contributed by atoms with Gasteiger partial charge in [0.25, 0.3) is 0 Å². The van der Waals surface area contributed by atoms with Crippen LogP contribution in [0.2, 0.25) is 0 Å². The second kappa shape index (κ2) is 5.72. The minimum Gasteiger partial charge on any atom is -0.459 e. The third-order valence-electron chi connectivity index (χ3n) is 3.28. The van der Waals surface area contributed by atoms with Crippen LogP contribution in [-0.2, 0) is 22.3 Å². The van der Waals surface area contributed by atoms with Gasteiger partial charge in [-0.05, 0) is 25.0 Å². The van der Waals surface area contributed by atoms with E-state index in [0.717, 1.165) is 25.0 Å². The molecule has 1 aromatic heterocycles. The van der Waals surface area contributed by atoms with Gasteiger partial charge in [0.15, 0.2) is 0 Å². The number of thiazole rings is 1. The van der Waals surface area contributed by atoms with E-state index in [4.69, 9.17) is 4.74 Å². The van der Waals surface area contributed by atoms with E-state index >= 15 is 0 Å². The highest BCUT2D eigenvalue weighted by atomic mass is 32.1. The summed E-state index contributed by atoms with van der Waals surface area (Å²) in [4.78, 5) is 15.7. The van der Waals surface area contributed by atoms with Crippen LogP contribution in [0.25, 0.3) is 10.6 Å². The van der Waals surface area contributed by atoms with E-state index in [0.29, 0.717) is 16.3 Å². The lowest BCUT2D eigenvalue weighted by Crippen LogP contribution is -2.06. The van der Waals surface area contributed by atoms with Crippen LogP contribution in [0.15, 0.2) is 29.6 Å². The van der Waals surface area contributed by atoms with Gasteiger partial charge in [0.1, 0.15) is 11.6 Å². The lowest BCUT2D eigenvalue weighted by Gasteiger charge is -2.06. The molecule has 116 valence electrons. The summed E-state index contributed by atoms with van der Waals surface area (Å²) in [5.74, 6) is -0.169. The number of benzene rings is 1. The maximum atomic E-state index is 12.5. The lowest BCUT2D eigenvalue weighted by molar-refractivity contribution is -0.146. The number of aromatic nitrogens is 1. The molecule has 0 saturated heterocycles. The molecule has 0 amide bonds. The van der Waals surface area contributed by atoms with Crippen LogP contribution in [0.1, 0.15) is 24.1 Å². The maximum absolute atomic E-state index is 12.5. The molecular formula is C15H12F3NO2S. The smallest absolute Gasteiger partial charge is 0.416 e. The Morgan fingerprint density at radius 2 is 1.95 bits per heavy atom. The van der Waals surface area contributed by atoms with E-state index in [2.05, 4.69) is 4.98 Å². The van der Waals surface area contributed by atoms with Gasteiger partial charge < -0.3 is 4.74 Å². The van der Waals surface area contributed by atoms with E-state index in [9.17, 15) is 18.0 Å². The molecule has 0 N–H and O–H groups in total. The Morgan fingerprint density at radius 1 is 1.27 bits per heavy atom. The zero-order valence-corrected chi connectivity index (χ0v) is 12.2. The Kier molecular flexibility index (Phi) is 3.90.